The van der Waals surface area contributed by atoms with Crippen LogP contribution in [0.3, 0.4) is 0 Å². The minimum atomic E-state index is 0.391. The first-order chi connectivity index (χ1) is 17.3. The van der Waals surface area contributed by atoms with Crippen LogP contribution in [0.5, 0.6) is 0 Å². The number of Topliss-reactive ketones (excluding diaryl/α,β-unsaturated/α-hetero) is 1. The Labute approximate surface area is 217 Å². The van der Waals surface area contributed by atoms with Gasteiger partial charge in [0.25, 0.3) is 0 Å². The third-order valence-electron chi connectivity index (χ3n) is 7.23. The lowest BCUT2D eigenvalue weighted by molar-refractivity contribution is -0.118. The molecule has 0 unspecified atom stereocenters. The van der Waals surface area contributed by atoms with Gasteiger partial charge in [-0.15, -0.1) is 0 Å². The van der Waals surface area contributed by atoms with E-state index in [4.69, 9.17) is 0 Å². The van der Waals surface area contributed by atoms with Gasteiger partial charge in [0, 0.05) is 12.8 Å². The second kappa shape index (κ2) is 20.3. The number of hydrogen-bond acceptors (Lipinski definition) is 1. The largest absolute Gasteiger partial charge is 0.299 e. The highest BCUT2D eigenvalue weighted by molar-refractivity contribution is 5.80. The van der Waals surface area contributed by atoms with E-state index in [1.54, 1.807) is 0 Å². The fourth-order valence-electron chi connectivity index (χ4n) is 4.97. The van der Waals surface area contributed by atoms with E-state index in [0.717, 1.165) is 24.8 Å². The van der Waals surface area contributed by atoms with Crippen LogP contribution in [0.1, 0.15) is 139 Å². The number of carbonyl (C=O) groups is 1. The Morgan fingerprint density at radius 1 is 0.486 bits per heavy atom. The van der Waals surface area contributed by atoms with Gasteiger partial charge >= 0.3 is 0 Å². The summed E-state index contributed by atoms with van der Waals surface area (Å²) in [5.74, 6) is 0.391. The lowest BCUT2D eigenvalue weighted by atomic mass is 10.00. The fraction of sp³-hybridized carbons (Fsp3) is 0.618. The summed E-state index contributed by atoms with van der Waals surface area (Å²) in [4.78, 5) is 12.3. The Morgan fingerprint density at radius 3 is 1.37 bits per heavy atom. The van der Waals surface area contributed by atoms with Gasteiger partial charge in [0.1, 0.15) is 5.78 Å². The van der Waals surface area contributed by atoms with E-state index in [9.17, 15) is 4.79 Å². The van der Waals surface area contributed by atoms with Crippen molar-refractivity contribution in [1.82, 2.24) is 0 Å². The Morgan fingerprint density at radius 2 is 0.886 bits per heavy atom. The zero-order valence-electron chi connectivity index (χ0n) is 22.7. The molecule has 2 aromatic rings. The van der Waals surface area contributed by atoms with Crippen LogP contribution in [-0.2, 0) is 17.6 Å². The van der Waals surface area contributed by atoms with Crippen molar-refractivity contribution in [3.8, 4) is 0 Å². The van der Waals surface area contributed by atoms with Gasteiger partial charge in [-0.25, -0.2) is 0 Å². The highest BCUT2D eigenvalue weighted by Gasteiger charge is 2.05. The topological polar surface area (TPSA) is 17.1 Å². The van der Waals surface area contributed by atoms with E-state index in [0.29, 0.717) is 12.2 Å². The molecule has 0 heterocycles. The highest BCUT2D eigenvalue weighted by Crippen LogP contribution is 2.15. The summed E-state index contributed by atoms with van der Waals surface area (Å²) < 4.78 is 0. The smallest absolute Gasteiger partial charge is 0.137 e. The minimum absolute atomic E-state index is 0.391. The van der Waals surface area contributed by atoms with Gasteiger partial charge < -0.3 is 0 Å². The molecule has 0 saturated carbocycles. The van der Waals surface area contributed by atoms with Crippen molar-refractivity contribution in [2.24, 2.45) is 0 Å². The Bertz CT molecular complexity index is 746. The molecule has 0 radical (unpaired) electrons. The summed E-state index contributed by atoms with van der Waals surface area (Å²) in [6.45, 7) is 2.29. The van der Waals surface area contributed by atoms with Gasteiger partial charge in [-0.2, -0.15) is 0 Å². The van der Waals surface area contributed by atoms with Crippen LogP contribution in [0, 0.1) is 0 Å². The summed E-state index contributed by atoms with van der Waals surface area (Å²) in [7, 11) is 0. The van der Waals surface area contributed by atoms with E-state index < -0.39 is 0 Å². The van der Waals surface area contributed by atoms with E-state index in [-0.39, 0.29) is 0 Å². The molecule has 2 rings (SSSR count). The van der Waals surface area contributed by atoms with Crippen molar-refractivity contribution in [3.05, 3.63) is 71.3 Å². The maximum absolute atomic E-state index is 12.3. The SMILES string of the molecule is CCCCCCCCCCCCCCCCCCCC(=O)Cc1ccc(Cc2ccccc2)cc1. The van der Waals surface area contributed by atoms with Crippen molar-refractivity contribution in [2.45, 2.75) is 135 Å². The number of carbonyl (C=O) groups excluding carboxylic acids is 1. The molecule has 0 aliphatic heterocycles. The molecule has 0 fully saturated rings. The van der Waals surface area contributed by atoms with E-state index in [1.165, 1.54) is 114 Å². The van der Waals surface area contributed by atoms with E-state index in [2.05, 4.69) is 61.5 Å². The zero-order valence-corrected chi connectivity index (χ0v) is 22.7. The number of rotatable bonds is 22. The van der Waals surface area contributed by atoms with Gasteiger partial charge in [-0.1, -0.05) is 164 Å². The average molecular weight is 477 g/mol. The Hall–Kier alpha value is -1.89. The fourth-order valence-corrected chi connectivity index (χ4v) is 4.97. The van der Waals surface area contributed by atoms with Crippen LogP contribution in [0.4, 0.5) is 0 Å². The van der Waals surface area contributed by atoms with Crippen LogP contribution >= 0.6 is 0 Å². The van der Waals surface area contributed by atoms with Gasteiger partial charge in [-0.3, -0.25) is 4.79 Å². The van der Waals surface area contributed by atoms with Crippen LogP contribution < -0.4 is 0 Å². The molecule has 0 N–H and O–H groups in total. The van der Waals surface area contributed by atoms with E-state index >= 15 is 0 Å². The maximum Gasteiger partial charge on any atom is 0.137 e. The third-order valence-corrected chi connectivity index (χ3v) is 7.23. The summed E-state index contributed by atoms with van der Waals surface area (Å²) in [6.07, 6.45) is 25.7. The first-order valence-electron chi connectivity index (χ1n) is 14.9. The summed E-state index contributed by atoms with van der Waals surface area (Å²) in [6, 6.07) is 19.2. The molecule has 35 heavy (non-hydrogen) atoms. The molecule has 0 aromatic heterocycles. The number of unbranched alkanes of at least 4 members (excludes halogenated alkanes) is 16. The third kappa shape index (κ3) is 15.7. The molecule has 0 aliphatic carbocycles. The monoisotopic (exact) mass is 476 g/mol. The van der Waals surface area contributed by atoms with E-state index in [1.807, 2.05) is 0 Å². The lowest BCUT2D eigenvalue weighted by Gasteiger charge is -2.05. The van der Waals surface area contributed by atoms with Gasteiger partial charge in [0.05, 0.1) is 0 Å². The summed E-state index contributed by atoms with van der Waals surface area (Å²) in [5.41, 5.74) is 3.79. The van der Waals surface area contributed by atoms with Crippen molar-refractivity contribution in [1.29, 1.82) is 0 Å². The summed E-state index contributed by atoms with van der Waals surface area (Å²) in [5, 5.41) is 0. The summed E-state index contributed by atoms with van der Waals surface area (Å²) >= 11 is 0. The predicted octanol–water partition coefficient (Wildman–Crippen LogP) is 10.4. The molecular formula is C34H52O. The van der Waals surface area contributed by atoms with Gasteiger partial charge in [0.2, 0.25) is 0 Å². The number of benzene rings is 2. The molecule has 0 atom stereocenters. The maximum atomic E-state index is 12.3. The van der Waals surface area contributed by atoms with Crippen LogP contribution in [0.15, 0.2) is 54.6 Å². The molecule has 0 amide bonds. The quantitative estimate of drug-likeness (QED) is 0.154. The molecule has 2 aromatic carbocycles. The minimum Gasteiger partial charge on any atom is -0.299 e. The first kappa shape index (κ1) is 29.3. The molecule has 0 bridgehead atoms. The molecule has 1 nitrogen and oxygen atoms in total. The Kier molecular flexibility index (Phi) is 17.0. The number of hydrogen-bond donors (Lipinski definition) is 0. The number of ketones is 1. The van der Waals surface area contributed by atoms with Crippen molar-refractivity contribution < 1.29 is 4.79 Å². The van der Waals surface area contributed by atoms with Gasteiger partial charge in [-0.05, 0) is 29.5 Å². The standard InChI is InChI=1S/C34H52O/c1-2-3-4-5-6-7-8-9-10-11-12-13-14-15-16-17-21-24-34(35)30-33-27-25-32(26-28-33)29-31-22-19-18-20-23-31/h18-20,22-23,25-28H,2-17,21,24,29-30H2,1H3. The van der Waals surface area contributed by atoms with Gasteiger partial charge in [0.15, 0.2) is 0 Å². The molecule has 0 saturated heterocycles. The van der Waals surface area contributed by atoms with Crippen molar-refractivity contribution in [3.63, 3.8) is 0 Å². The molecule has 0 spiro atoms. The average Bonchev–Trinajstić information content (AvgIpc) is 2.88. The second-order valence-electron chi connectivity index (χ2n) is 10.6. The molecule has 0 aliphatic rings. The predicted molar refractivity (Wildman–Crippen MR) is 153 cm³/mol. The van der Waals surface area contributed by atoms with Crippen molar-refractivity contribution >= 4 is 5.78 Å². The molecule has 1 heteroatoms. The zero-order chi connectivity index (χ0) is 24.8. The first-order valence-corrected chi connectivity index (χ1v) is 14.9. The van der Waals surface area contributed by atoms with Crippen LogP contribution in [0.2, 0.25) is 0 Å². The molecule has 194 valence electrons. The van der Waals surface area contributed by atoms with Crippen LogP contribution in [0.25, 0.3) is 0 Å². The van der Waals surface area contributed by atoms with Crippen molar-refractivity contribution in [2.75, 3.05) is 0 Å². The van der Waals surface area contributed by atoms with Crippen LogP contribution in [-0.4, -0.2) is 5.78 Å². The highest BCUT2D eigenvalue weighted by atomic mass is 16.1. The second-order valence-corrected chi connectivity index (χ2v) is 10.6. The Balaban J connectivity index is 1.37. The lowest BCUT2D eigenvalue weighted by Crippen LogP contribution is -2.02. The molecular weight excluding hydrogens is 424 g/mol. The normalized spacial score (nSPS) is 11.1.